The summed E-state index contributed by atoms with van der Waals surface area (Å²) in [7, 11) is 2.81. The number of hydrogen-bond acceptors (Lipinski definition) is 6. The summed E-state index contributed by atoms with van der Waals surface area (Å²) in [4.78, 5) is 11.2. The minimum atomic E-state index is -1.59. The summed E-state index contributed by atoms with van der Waals surface area (Å²) >= 11 is 0. The zero-order valence-corrected chi connectivity index (χ0v) is 8.71. The minimum Gasteiger partial charge on any atom is -0.394 e. The molecule has 4 atom stereocenters. The molecule has 0 aliphatic rings. The monoisotopic (exact) mass is 222 g/mol. The van der Waals surface area contributed by atoms with Crippen LogP contribution in [-0.2, 0) is 4.79 Å². The van der Waals surface area contributed by atoms with Crippen molar-refractivity contribution in [1.29, 1.82) is 0 Å². The van der Waals surface area contributed by atoms with Crippen LogP contribution in [0.25, 0.3) is 0 Å². The molecule has 0 aromatic heterocycles. The van der Waals surface area contributed by atoms with Crippen molar-refractivity contribution in [2.75, 3.05) is 20.7 Å². The Balaban J connectivity index is 4.50. The topological polar surface area (TPSA) is 122 Å². The van der Waals surface area contributed by atoms with E-state index in [1.807, 2.05) is 0 Å². The lowest BCUT2D eigenvalue weighted by molar-refractivity contribution is -0.132. The first-order valence-electron chi connectivity index (χ1n) is 4.53. The molecule has 7 heteroatoms. The Kier molecular flexibility index (Phi) is 6.37. The average molecular weight is 222 g/mol. The summed E-state index contributed by atoms with van der Waals surface area (Å²) in [5, 5.41) is 41.3. The zero-order chi connectivity index (χ0) is 12.0. The summed E-state index contributed by atoms with van der Waals surface area (Å²) in [6, 6.07) is -1.05. The van der Waals surface area contributed by atoms with E-state index in [4.69, 9.17) is 10.2 Å². The van der Waals surface area contributed by atoms with Crippen molar-refractivity contribution >= 4 is 5.91 Å². The van der Waals surface area contributed by atoms with Gasteiger partial charge in [0.25, 0.3) is 0 Å². The van der Waals surface area contributed by atoms with Gasteiger partial charge in [0.05, 0.1) is 6.61 Å². The van der Waals surface area contributed by atoms with Crippen LogP contribution >= 0.6 is 0 Å². The van der Waals surface area contributed by atoms with Gasteiger partial charge in [-0.05, 0) is 7.05 Å². The molecule has 0 radical (unpaired) electrons. The number of aliphatic hydroxyl groups is 4. The Morgan fingerprint density at radius 3 is 2.07 bits per heavy atom. The summed E-state index contributed by atoms with van der Waals surface area (Å²) in [6.07, 6.45) is -4.58. The third-order valence-corrected chi connectivity index (χ3v) is 2.11. The fourth-order valence-corrected chi connectivity index (χ4v) is 1.15. The summed E-state index contributed by atoms with van der Waals surface area (Å²) < 4.78 is 0. The van der Waals surface area contributed by atoms with Gasteiger partial charge in [-0.3, -0.25) is 4.79 Å². The summed E-state index contributed by atoms with van der Waals surface area (Å²) in [5.74, 6) is -0.519. The molecule has 6 N–H and O–H groups in total. The van der Waals surface area contributed by atoms with Crippen LogP contribution in [0.15, 0.2) is 0 Å². The summed E-state index contributed by atoms with van der Waals surface area (Å²) in [5.41, 5.74) is 0. The van der Waals surface area contributed by atoms with Gasteiger partial charge in [0, 0.05) is 7.05 Å². The van der Waals surface area contributed by atoms with E-state index in [9.17, 15) is 15.0 Å². The third kappa shape index (κ3) is 3.73. The third-order valence-electron chi connectivity index (χ3n) is 2.11. The molecule has 0 aromatic rings. The fraction of sp³-hybridized carbons (Fsp3) is 0.875. The molecule has 0 spiro atoms. The summed E-state index contributed by atoms with van der Waals surface area (Å²) in [6.45, 7) is -0.692. The van der Waals surface area contributed by atoms with Crippen LogP contribution in [0, 0.1) is 0 Å². The lowest BCUT2D eigenvalue weighted by Crippen LogP contribution is -2.56. The Morgan fingerprint density at radius 2 is 1.73 bits per heavy atom. The van der Waals surface area contributed by atoms with E-state index >= 15 is 0 Å². The minimum absolute atomic E-state index is 0.519. The average Bonchev–Trinajstić information content (AvgIpc) is 2.27. The lowest BCUT2D eigenvalue weighted by Gasteiger charge is -2.27. The number of nitrogens with one attached hydrogen (secondary N) is 2. The fourth-order valence-electron chi connectivity index (χ4n) is 1.15. The van der Waals surface area contributed by atoms with Crippen LogP contribution in [0.1, 0.15) is 0 Å². The van der Waals surface area contributed by atoms with E-state index in [1.54, 1.807) is 0 Å². The lowest BCUT2D eigenvalue weighted by atomic mass is 10.0. The molecule has 0 rings (SSSR count). The van der Waals surface area contributed by atoms with Crippen molar-refractivity contribution in [2.45, 2.75) is 24.4 Å². The largest absolute Gasteiger partial charge is 0.394 e. The van der Waals surface area contributed by atoms with E-state index in [0.717, 1.165) is 0 Å². The van der Waals surface area contributed by atoms with Gasteiger partial charge in [0.15, 0.2) is 0 Å². The number of likely N-dealkylation sites (N-methyl/N-ethyl adjacent to an activating group) is 2. The Hall–Kier alpha value is -0.730. The molecule has 15 heavy (non-hydrogen) atoms. The number of amides is 1. The van der Waals surface area contributed by atoms with Crippen LogP contribution in [0.5, 0.6) is 0 Å². The van der Waals surface area contributed by atoms with Gasteiger partial charge in [-0.25, -0.2) is 0 Å². The van der Waals surface area contributed by atoms with Gasteiger partial charge in [-0.1, -0.05) is 0 Å². The van der Waals surface area contributed by atoms with Crippen molar-refractivity contribution < 1.29 is 25.2 Å². The number of carbonyl (C=O) groups is 1. The molecule has 0 saturated carbocycles. The number of hydrogen-bond donors (Lipinski definition) is 6. The van der Waals surface area contributed by atoms with E-state index in [1.165, 1.54) is 14.1 Å². The first kappa shape index (κ1) is 14.3. The van der Waals surface area contributed by atoms with Gasteiger partial charge < -0.3 is 31.1 Å². The number of aliphatic hydroxyl groups excluding tert-OH is 4. The van der Waals surface area contributed by atoms with E-state index in [2.05, 4.69) is 10.6 Å². The molecule has 7 nitrogen and oxygen atoms in total. The quantitative estimate of drug-likeness (QED) is 0.276. The second-order valence-electron chi connectivity index (χ2n) is 3.11. The highest BCUT2D eigenvalue weighted by Crippen LogP contribution is 2.04. The highest BCUT2D eigenvalue weighted by atomic mass is 16.4. The first-order valence-corrected chi connectivity index (χ1v) is 4.53. The second kappa shape index (κ2) is 6.70. The highest BCUT2D eigenvalue weighted by molar-refractivity contribution is 5.82. The van der Waals surface area contributed by atoms with Crippen molar-refractivity contribution in [3.63, 3.8) is 0 Å². The van der Waals surface area contributed by atoms with Gasteiger partial charge >= 0.3 is 0 Å². The van der Waals surface area contributed by atoms with Crippen molar-refractivity contribution in [2.24, 2.45) is 0 Å². The number of rotatable bonds is 6. The normalized spacial score (nSPS) is 19.1. The molecule has 1 amide bonds. The second-order valence-corrected chi connectivity index (χ2v) is 3.11. The van der Waals surface area contributed by atoms with Crippen LogP contribution in [0.3, 0.4) is 0 Å². The predicted molar refractivity (Wildman–Crippen MR) is 52.0 cm³/mol. The van der Waals surface area contributed by atoms with Crippen molar-refractivity contribution in [3.8, 4) is 0 Å². The van der Waals surface area contributed by atoms with E-state index in [-0.39, 0.29) is 0 Å². The molecule has 0 aromatic carbocycles. The van der Waals surface area contributed by atoms with E-state index < -0.39 is 36.9 Å². The van der Waals surface area contributed by atoms with Crippen LogP contribution in [0.4, 0.5) is 0 Å². The van der Waals surface area contributed by atoms with Gasteiger partial charge in [0.1, 0.15) is 24.4 Å². The molecular weight excluding hydrogens is 204 g/mol. The van der Waals surface area contributed by atoms with Crippen molar-refractivity contribution in [1.82, 2.24) is 10.6 Å². The van der Waals surface area contributed by atoms with Crippen LogP contribution in [-0.4, -0.2) is 71.4 Å². The van der Waals surface area contributed by atoms with Crippen LogP contribution < -0.4 is 10.6 Å². The maximum absolute atomic E-state index is 11.2. The maximum Gasteiger partial charge on any atom is 0.239 e. The zero-order valence-electron chi connectivity index (χ0n) is 8.71. The maximum atomic E-state index is 11.2. The molecule has 0 bridgehead atoms. The molecular formula is C8H18N2O5. The molecule has 0 heterocycles. The molecule has 0 aliphatic carbocycles. The number of carbonyl (C=O) groups excluding carboxylic acids is 1. The molecule has 90 valence electrons. The molecule has 4 unspecified atom stereocenters. The Labute approximate surface area is 87.7 Å². The predicted octanol–water partition coefficient (Wildman–Crippen LogP) is -3.60. The van der Waals surface area contributed by atoms with Crippen LogP contribution in [0.2, 0.25) is 0 Å². The molecule has 0 saturated heterocycles. The Bertz CT molecular complexity index is 201. The van der Waals surface area contributed by atoms with Crippen molar-refractivity contribution in [3.05, 3.63) is 0 Å². The van der Waals surface area contributed by atoms with Gasteiger partial charge in [-0.15, -0.1) is 0 Å². The highest BCUT2D eigenvalue weighted by Gasteiger charge is 2.33. The standard InChI is InChI=1S/C8H18N2O5/c1-9-5(8(15)10-2)7(14)6(13)4(12)3-11/h4-7,9,11-14H,3H2,1-2H3,(H,10,15). The smallest absolute Gasteiger partial charge is 0.239 e. The molecule has 0 fully saturated rings. The molecule has 0 aliphatic heterocycles. The Morgan fingerprint density at radius 1 is 1.20 bits per heavy atom. The van der Waals surface area contributed by atoms with Gasteiger partial charge in [-0.2, -0.15) is 0 Å². The van der Waals surface area contributed by atoms with Gasteiger partial charge in [0.2, 0.25) is 5.91 Å². The van der Waals surface area contributed by atoms with E-state index in [0.29, 0.717) is 0 Å². The first-order chi connectivity index (χ1) is 6.99. The SMILES string of the molecule is CNC(=O)C(NC)C(O)C(O)C(O)CO.